The Hall–Kier alpha value is -1.16. The quantitative estimate of drug-likeness (QED) is 0.513. The molecular weight excluding hydrogens is 134 g/mol. The van der Waals surface area contributed by atoms with E-state index in [1.54, 1.807) is 0 Å². The molecule has 11 heavy (non-hydrogen) atoms. The predicted molar refractivity (Wildman–Crippen MR) is 45.0 cm³/mol. The Morgan fingerprint density at radius 2 is 2.36 bits per heavy atom. The molecule has 0 amide bonds. The molecule has 1 N–H and O–H groups in total. The zero-order valence-electron chi connectivity index (χ0n) is 6.70. The highest BCUT2D eigenvalue weighted by molar-refractivity contribution is 5.39. The first kappa shape index (κ1) is 6.54. The second kappa shape index (κ2) is 2.47. The van der Waals surface area contributed by atoms with Crippen LogP contribution in [0.15, 0.2) is 34.4 Å². The molecule has 2 aliphatic rings. The maximum Gasteiger partial charge on any atom is 0.0889 e. The number of hydrogen-bond acceptors (Lipinski definition) is 1. The predicted octanol–water partition coefficient (Wildman–Crippen LogP) is 1.89. The molecule has 56 valence electrons. The second-order valence-electron chi connectivity index (χ2n) is 3.01. The third-order valence-electron chi connectivity index (χ3n) is 2.02. The SMILES string of the molecule is CC1=C=C=C2NCCCC2=C1. The van der Waals surface area contributed by atoms with Gasteiger partial charge in [-0.1, -0.05) is 5.73 Å². The van der Waals surface area contributed by atoms with Crippen LogP contribution >= 0.6 is 0 Å². The first-order valence-electron chi connectivity index (χ1n) is 4.03. The van der Waals surface area contributed by atoms with E-state index >= 15 is 0 Å². The summed E-state index contributed by atoms with van der Waals surface area (Å²) in [5.74, 6) is 0. The smallest absolute Gasteiger partial charge is 0.0889 e. The summed E-state index contributed by atoms with van der Waals surface area (Å²) in [6, 6.07) is 0. The van der Waals surface area contributed by atoms with Crippen LogP contribution in [0.5, 0.6) is 0 Å². The van der Waals surface area contributed by atoms with Gasteiger partial charge in [0.15, 0.2) is 0 Å². The maximum atomic E-state index is 3.30. The third kappa shape index (κ3) is 1.17. The molecule has 0 radical (unpaired) electrons. The van der Waals surface area contributed by atoms with Crippen molar-refractivity contribution in [1.29, 1.82) is 0 Å². The minimum atomic E-state index is 1.08. The molecule has 1 aliphatic heterocycles. The fourth-order valence-electron chi connectivity index (χ4n) is 1.46. The fraction of sp³-hybridized carbons (Fsp3) is 0.400. The fourth-order valence-corrected chi connectivity index (χ4v) is 1.46. The Kier molecular flexibility index (Phi) is 1.47. The average Bonchev–Trinajstić information content (AvgIpc) is 2.04. The van der Waals surface area contributed by atoms with Gasteiger partial charge in [-0.3, -0.25) is 0 Å². The standard InChI is InChI=1S/C10H11N/c1-8-4-5-10-9(7-8)3-2-6-11-10/h7,11H,2-3,6H2,1H3. The molecule has 0 atom stereocenters. The molecule has 1 heteroatoms. The van der Waals surface area contributed by atoms with Crippen molar-refractivity contribution >= 4 is 0 Å². The van der Waals surface area contributed by atoms with Crippen molar-refractivity contribution in [2.75, 3.05) is 6.54 Å². The molecule has 0 saturated carbocycles. The lowest BCUT2D eigenvalue weighted by Crippen LogP contribution is -2.21. The van der Waals surface area contributed by atoms with E-state index in [0.29, 0.717) is 0 Å². The molecule has 0 spiro atoms. The monoisotopic (exact) mass is 145 g/mol. The van der Waals surface area contributed by atoms with Crippen molar-refractivity contribution in [3.05, 3.63) is 34.4 Å². The number of piperidine rings is 1. The van der Waals surface area contributed by atoms with Crippen LogP contribution in [0.4, 0.5) is 0 Å². The Morgan fingerprint density at radius 1 is 1.45 bits per heavy atom. The summed E-state index contributed by atoms with van der Waals surface area (Å²) in [5.41, 5.74) is 9.93. The Labute approximate surface area is 66.8 Å². The topological polar surface area (TPSA) is 12.0 Å². The number of rotatable bonds is 0. The highest BCUT2D eigenvalue weighted by Crippen LogP contribution is 2.20. The van der Waals surface area contributed by atoms with Crippen LogP contribution in [0, 0.1) is 0 Å². The Balaban J connectivity index is 2.44. The molecule has 1 heterocycles. The van der Waals surface area contributed by atoms with Crippen LogP contribution in [0.3, 0.4) is 0 Å². The molecule has 0 aromatic carbocycles. The van der Waals surface area contributed by atoms with E-state index < -0.39 is 0 Å². The van der Waals surface area contributed by atoms with Crippen molar-refractivity contribution in [2.45, 2.75) is 19.8 Å². The molecule has 0 aromatic rings. The lowest BCUT2D eigenvalue weighted by atomic mass is 9.99. The summed E-state index contributed by atoms with van der Waals surface area (Å²) in [5, 5.41) is 3.30. The molecule has 1 aliphatic carbocycles. The van der Waals surface area contributed by atoms with Gasteiger partial charge in [-0.05, 0) is 42.7 Å². The Morgan fingerprint density at radius 3 is 3.27 bits per heavy atom. The van der Waals surface area contributed by atoms with E-state index in [4.69, 9.17) is 0 Å². The molecule has 0 bridgehead atoms. The number of fused-ring (bicyclic) bond motifs is 1. The maximum absolute atomic E-state index is 3.30. The molecule has 1 saturated heterocycles. The van der Waals surface area contributed by atoms with Gasteiger partial charge in [-0.2, -0.15) is 0 Å². The largest absolute Gasteiger partial charge is 0.378 e. The zero-order chi connectivity index (χ0) is 7.68. The number of nitrogens with one attached hydrogen (secondary N) is 1. The summed E-state index contributed by atoms with van der Waals surface area (Å²) >= 11 is 0. The van der Waals surface area contributed by atoms with Crippen molar-refractivity contribution in [3.8, 4) is 0 Å². The summed E-state index contributed by atoms with van der Waals surface area (Å²) < 4.78 is 0. The van der Waals surface area contributed by atoms with Gasteiger partial charge in [0.1, 0.15) is 0 Å². The molecule has 1 nitrogen and oxygen atoms in total. The Bertz CT molecular complexity index is 308. The summed E-state index contributed by atoms with van der Waals surface area (Å²) in [6.07, 6.45) is 4.62. The summed E-state index contributed by atoms with van der Waals surface area (Å²) in [4.78, 5) is 0. The summed E-state index contributed by atoms with van der Waals surface area (Å²) in [6.45, 7) is 3.14. The van der Waals surface area contributed by atoms with Crippen molar-refractivity contribution < 1.29 is 0 Å². The van der Waals surface area contributed by atoms with Crippen LogP contribution in [0.25, 0.3) is 0 Å². The number of allylic oxidation sites excluding steroid dienone is 3. The second-order valence-corrected chi connectivity index (χ2v) is 3.01. The minimum Gasteiger partial charge on any atom is -0.378 e. The minimum absolute atomic E-state index is 1.08. The van der Waals surface area contributed by atoms with Crippen LogP contribution in [0.1, 0.15) is 19.8 Å². The van der Waals surface area contributed by atoms with Gasteiger partial charge < -0.3 is 5.32 Å². The lowest BCUT2D eigenvalue weighted by Gasteiger charge is -2.19. The van der Waals surface area contributed by atoms with Crippen molar-refractivity contribution in [2.24, 2.45) is 0 Å². The van der Waals surface area contributed by atoms with Gasteiger partial charge >= 0.3 is 0 Å². The van der Waals surface area contributed by atoms with Crippen LogP contribution < -0.4 is 5.32 Å². The van der Waals surface area contributed by atoms with E-state index in [-0.39, 0.29) is 0 Å². The van der Waals surface area contributed by atoms with Gasteiger partial charge in [0.05, 0.1) is 5.70 Å². The van der Waals surface area contributed by atoms with E-state index in [2.05, 4.69) is 29.8 Å². The average molecular weight is 145 g/mol. The normalized spacial score (nSPS) is 21.0. The van der Waals surface area contributed by atoms with Gasteiger partial charge in [0.2, 0.25) is 0 Å². The first-order valence-corrected chi connectivity index (χ1v) is 4.03. The van der Waals surface area contributed by atoms with Gasteiger partial charge in [0.25, 0.3) is 0 Å². The van der Waals surface area contributed by atoms with E-state index in [0.717, 1.165) is 12.2 Å². The zero-order valence-corrected chi connectivity index (χ0v) is 6.70. The molecule has 1 fully saturated rings. The van der Waals surface area contributed by atoms with Crippen LogP contribution in [-0.4, -0.2) is 6.54 Å². The van der Waals surface area contributed by atoms with E-state index in [9.17, 15) is 0 Å². The molecule has 0 aromatic heterocycles. The van der Waals surface area contributed by atoms with Crippen molar-refractivity contribution in [1.82, 2.24) is 5.32 Å². The van der Waals surface area contributed by atoms with Crippen LogP contribution in [0.2, 0.25) is 0 Å². The highest BCUT2D eigenvalue weighted by Gasteiger charge is 2.11. The van der Waals surface area contributed by atoms with Gasteiger partial charge in [-0.15, -0.1) is 0 Å². The van der Waals surface area contributed by atoms with E-state index in [1.807, 2.05) is 0 Å². The van der Waals surface area contributed by atoms with Crippen molar-refractivity contribution in [3.63, 3.8) is 0 Å². The van der Waals surface area contributed by atoms with Crippen LogP contribution in [-0.2, 0) is 0 Å². The molecular formula is C10H11N. The van der Waals surface area contributed by atoms with Gasteiger partial charge in [-0.25, -0.2) is 0 Å². The number of hydrogen-bond donors (Lipinski definition) is 1. The third-order valence-corrected chi connectivity index (χ3v) is 2.02. The van der Waals surface area contributed by atoms with Gasteiger partial charge in [0, 0.05) is 6.54 Å². The highest BCUT2D eigenvalue weighted by atomic mass is 14.9. The lowest BCUT2D eigenvalue weighted by molar-refractivity contribution is 0.669. The molecule has 2 rings (SSSR count). The van der Waals surface area contributed by atoms with E-state index in [1.165, 1.54) is 24.0 Å². The molecule has 0 unspecified atom stereocenters. The summed E-state index contributed by atoms with van der Waals surface area (Å²) in [7, 11) is 0. The first-order chi connectivity index (χ1) is 5.36.